The summed E-state index contributed by atoms with van der Waals surface area (Å²) in [5.41, 5.74) is 1.24. The number of methoxy groups -OCH3 is 2. The molecule has 3 aromatic rings. The number of benzene rings is 2. The third-order valence-corrected chi connectivity index (χ3v) is 3.82. The molecule has 1 amide bonds. The zero-order valence-corrected chi connectivity index (χ0v) is 14.9. The van der Waals surface area contributed by atoms with Crippen LogP contribution in [0.4, 0.5) is 5.69 Å². The minimum atomic E-state index is -0.673. The van der Waals surface area contributed by atoms with E-state index in [1.165, 1.54) is 14.2 Å². The van der Waals surface area contributed by atoms with Gasteiger partial charge in [0.15, 0.2) is 6.61 Å². The number of fused-ring (bicyclic) bond motifs is 1. The molecule has 3 rings (SSSR count). The summed E-state index contributed by atoms with van der Waals surface area (Å²) in [4.78, 5) is 28.5. The Kier molecular flexibility index (Phi) is 5.51. The van der Waals surface area contributed by atoms with Crippen molar-refractivity contribution < 1.29 is 23.8 Å². The highest BCUT2D eigenvalue weighted by atomic mass is 16.5. The van der Waals surface area contributed by atoms with Crippen molar-refractivity contribution in [3.63, 3.8) is 0 Å². The van der Waals surface area contributed by atoms with Crippen LogP contribution in [-0.4, -0.2) is 37.7 Å². The monoisotopic (exact) mass is 366 g/mol. The lowest BCUT2D eigenvalue weighted by molar-refractivity contribution is -0.119. The van der Waals surface area contributed by atoms with Gasteiger partial charge in [-0.1, -0.05) is 24.3 Å². The molecule has 0 atom stereocenters. The van der Waals surface area contributed by atoms with Gasteiger partial charge in [-0.25, -0.2) is 9.78 Å². The van der Waals surface area contributed by atoms with Gasteiger partial charge in [0.2, 0.25) is 0 Å². The quantitative estimate of drug-likeness (QED) is 0.675. The van der Waals surface area contributed by atoms with Crippen LogP contribution in [0.3, 0.4) is 0 Å². The number of nitrogens with zero attached hydrogens (tertiary/aromatic N) is 1. The van der Waals surface area contributed by atoms with Crippen molar-refractivity contribution in [1.29, 1.82) is 0 Å². The van der Waals surface area contributed by atoms with E-state index in [-0.39, 0.29) is 5.69 Å². The Morgan fingerprint density at radius 1 is 1.00 bits per heavy atom. The smallest absolute Gasteiger partial charge is 0.357 e. The van der Waals surface area contributed by atoms with Crippen LogP contribution in [0.5, 0.6) is 11.5 Å². The predicted octanol–water partition coefficient (Wildman–Crippen LogP) is 3.05. The second-order valence-corrected chi connectivity index (χ2v) is 5.58. The zero-order valence-electron chi connectivity index (χ0n) is 14.9. The summed E-state index contributed by atoms with van der Waals surface area (Å²) in [6.45, 7) is -0.451. The number of carbonyl (C=O) groups is 2. The first-order chi connectivity index (χ1) is 13.1. The van der Waals surface area contributed by atoms with E-state index in [9.17, 15) is 9.59 Å². The third kappa shape index (κ3) is 4.33. The topological polar surface area (TPSA) is 86.8 Å². The molecular formula is C20H18N2O5. The largest absolute Gasteiger partial charge is 0.497 e. The minimum Gasteiger partial charge on any atom is -0.497 e. The van der Waals surface area contributed by atoms with Crippen LogP contribution in [0.25, 0.3) is 10.9 Å². The molecule has 0 saturated carbocycles. The number of amides is 1. The fourth-order valence-electron chi connectivity index (χ4n) is 2.48. The molecule has 2 aromatic carbocycles. The highest BCUT2D eigenvalue weighted by molar-refractivity contribution is 5.96. The molecule has 1 heterocycles. The van der Waals surface area contributed by atoms with E-state index in [2.05, 4.69) is 10.3 Å². The number of aromatic nitrogens is 1. The fraction of sp³-hybridized carbons (Fsp3) is 0.150. The number of pyridine rings is 1. The van der Waals surface area contributed by atoms with Crippen molar-refractivity contribution in [3.05, 3.63) is 60.3 Å². The van der Waals surface area contributed by atoms with Gasteiger partial charge >= 0.3 is 5.97 Å². The van der Waals surface area contributed by atoms with Gasteiger partial charge in [-0.3, -0.25) is 4.79 Å². The molecule has 1 N–H and O–H groups in total. The van der Waals surface area contributed by atoms with Crippen LogP contribution in [0, 0.1) is 0 Å². The number of esters is 1. The van der Waals surface area contributed by atoms with Gasteiger partial charge in [0.1, 0.15) is 17.2 Å². The molecule has 0 aliphatic carbocycles. The molecule has 27 heavy (non-hydrogen) atoms. The summed E-state index contributed by atoms with van der Waals surface area (Å²) in [5, 5.41) is 3.54. The number of hydrogen-bond acceptors (Lipinski definition) is 6. The van der Waals surface area contributed by atoms with E-state index in [4.69, 9.17) is 14.2 Å². The molecule has 0 saturated heterocycles. The lowest BCUT2D eigenvalue weighted by atomic mass is 10.2. The summed E-state index contributed by atoms with van der Waals surface area (Å²) in [6.07, 6.45) is 0. The molecule has 0 aliphatic heterocycles. The molecule has 0 radical (unpaired) electrons. The van der Waals surface area contributed by atoms with E-state index >= 15 is 0 Å². The Bertz CT molecular complexity index is 987. The van der Waals surface area contributed by atoms with E-state index in [0.717, 1.165) is 5.39 Å². The molecule has 0 spiro atoms. The van der Waals surface area contributed by atoms with Crippen LogP contribution in [0.1, 0.15) is 10.5 Å². The van der Waals surface area contributed by atoms with Gasteiger partial charge < -0.3 is 19.5 Å². The van der Waals surface area contributed by atoms with Crippen molar-refractivity contribution in [2.45, 2.75) is 0 Å². The summed E-state index contributed by atoms with van der Waals surface area (Å²) in [5.74, 6) is -0.153. The first-order valence-electron chi connectivity index (χ1n) is 8.15. The van der Waals surface area contributed by atoms with Crippen LogP contribution < -0.4 is 14.8 Å². The fourth-order valence-corrected chi connectivity index (χ4v) is 2.48. The van der Waals surface area contributed by atoms with E-state index in [1.807, 2.05) is 18.2 Å². The molecule has 0 fully saturated rings. The predicted molar refractivity (Wildman–Crippen MR) is 100 cm³/mol. The Morgan fingerprint density at radius 2 is 1.81 bits per heavy atom. The summed E-state index contributed by atoms with van der Waals surface area (Å²) in [6, 6.07) is 15.7. The molecule has 1 aromatic heterocycles. The van der Waals surface area contributed by atoms with Gasteiger partial charge in [-0.15, -0.1) is 0 Å². The molecule has 138 valence electrons. The molecule has 0 bridgehead atoms. The van der Waals surface area contributed by atoms with Crippen LogP contribution >= 0.6 is 0 Å². The number of anilines is 1. The van der Waals surface area contributed by atoms with Crippen molar-refractivity contribution in [2.75, 3.05) is 26.1 Å². The maximum atomic E-state index is 12.2. The van der Waals surface area contributed by atoms with Gasteiger partial charge in [0, 0.05) is 11.5 Å². The maximum absolute atomic E-state index is 12.2. The Hall–Kier alpha value is -3.61. The maximum Gasteiger partial charge on any atom is 0.357 e. The van der Waals surface area contributed by atoms with Gasteiger partial charge in [0.05, 0.1) is 25.4 Å². The number of nitrogens with one attached hydrogen (secondary N) is 1. The molecular weight excluding hydrogens is 348 g/mol. The van der Waals surface area contributed by atoms with Crippen molar-refractivity contribution in [3.8, 4) is 11.5 Å². The van der Waals surface area contributed by atoms with E-state index in [1.54, 1.807) is 36.4 Å². The summed E-state index contributed by atoms with van der Waals surface area (Å²) >= 11 is 0. The number of ether oxygens (including phenoxy) is 3. The van der Waals surface area contributed by atoms with Crippen LogP contribution in [0.15, 0.2) is 54.6 Å². The van der Waals surface area contributed by atoms with Crippen LogP contribution in [0.2, 0.25) is 0 Å². The summed E-state index contributed by atoms with van der Waals surface area (Å²) < 4.78 is 15.4. The minimum absolute atomic E-state index is 0.139. The van der Waals surface area contributed by atoms with Gasteiger partial charge in [-0.2, -0.15) is 0 Å². The molecule has 0 unspecified atom stereocenters. The Labute approximate surface area is 155 Å². The van der Waals surface area contributed by atoms with Crippen LogP contribution in [-0.2, 0) is 9.53 Å². The normalized spacial score (nSPS) is 10.3. The summed E-state index contributed by atoms with van der Waals surface area (Å²) in [7, 11) is 3.01. The second kappa shape index (κ2) is 8.18. The first kappa shape index (κ1) is 18.2. The van der Waals surface area contributed by atoms with Crippen molar-refractivity contribution in [2.24, 2.45) is 0 Å². The number of rotatable bonds is 6. The average molecular weight is 366 g/mol. The number of carbonyl (C=O) groups excluding carboxylic acids is 2. The van der Waals surface area contributed by atoms with E-state index in [0.29, 0.717) is 22.7 Å². The standard InChI is InChI=1S/C20H18N2O5/c1-25-14-8-10-18(26-2)17(11-14)22-19(23)12-27-20(24)16-9-7-13-5-3-4-6-15(13)21-16/h3-11H,12H2,1-2H3,(H,22,23). The molecule has 7 nitrogen and oxygen atoms in total. The lowest BCUT2D eigenvalue weighted by Crippen LogP contribution is -2.21. The average Bonchev–Trinajstić information content (AvgIpc) is 2.71. The molecule has 7 heteroatoms. The second-order valence-electron chi connectivity index (χ2n) is 5.58. The lowest BCUT2D eigenvalue weighted by Gasteiger charge is -2.12. The van der Waals surface area contributed by atoms with Crippen molar-refractivity contribution in [1.82, 2.24) is 4.98 Å². The zero-order chi connectivity index (χ0) is 19.2. The Balaban J connectivity index is 1.63. The number of para-hydroxylation sites is 1. The number of hydrogen-bond donors (Lipinski definition) is 1. The van der Waals surface area contributed by atoms with Gasteiger partial charge in [0.25, 0.3) is 5.91 Å². The van der Waals surface area contributed by atoms with E-state index < -0.39 is 18.5 Å². The SMILES string of the molecule is COc1ccc(OC)c(NC(=O)COC(=O)c2ccc3ccccc3n2)c1. The highest BCUT2D eigenvalue weighted by Crippen LogP contribution is 2.28. The first-order valence-corrected chi connectivity index (χ1v) is 8.15. The molecule has 0 aliphatic rings. The van der Waals surface area contributed by atoms with Crippen molar-refractivity contribution >= 4 is 28.5 Å². The third-order valence-electron chi connectivity index (χ3n) is 3.82. The highest BCUT2D eigenvalue weighted by Gasteiger charge is 2.14. The Morgan fingerprint density at radius 3 is 2.59 bits per heavy atom. The van der Waals surface area contributed by atoms with Gasteiger partial charge in [-0.05, 0) is 24.3 Å².